The Balaban J connectivity index is -0.0000000300. The predicted molar refractivity (Wildman–Crippen MR) is 20.7 cm³/mol. The van der Waals surface area contributed by atoms with Crippen molar-refractivity contribution in [3.63, 3.8) is 0 Å². The van der Waals surface area contributed by atoms with Crippen LogP contribution in [0.25, 0.3) is 0 Å². The molecule has 0 aromatic carbocycles. The smallest absolute Gasteiger partial charge is 0.356 e. The Labute approximate surface area is 80.4 Å². The van der Waals surface area contributed by atoms with Gasteiger partial charge in [0.05, 0.1) is 10.2 Å². The predicted octanol–water partition coefficient (Wildman–Crippen LogP) is -0.483. The fourth-order valence-electron chi connectivity index (χ4n) is 0. The summed E-state index contributed by atoms with van der Waals surface area (Å²) in [5.74, 6) is 0. The van der Waals surface area contributed by atoms with Gasteiger partial charge in [0.1, 0.15) is 0 Å². The zero-order valence-electron chi connectivity index (χ0n) is 3.95. The van der Waals surface area contributed by atoms with Crippen LogP contribution < -0.4 is 0 Å². The Kier molecular flexibility index (Phi) is 35.9. The van der Waals surface area contributed by atoms with Crippen molar-refractivity contribution in [3.05, 3.63) is 30.6 Å². The van der Waals surface area contributed by atoms with Crippen LogP contribution >= 0.6 is 0 Å². The molecule has 2 radical (unpaired) electrons. The number of nitrogens with zero attached hydrogens (tertiary/aromatic N) is 2. The Morgan fingerprint density at radius 2 is 0.800 bits per heavy atom. The van der Waals surface area contributed by atoms with Crippen molar-refractivity contribution in [3.8, 4) is 0 Å². The standard InChI is InChI=1S/Ag.Cu.2NO3/c;;2*2-1(3)4/q;+2;2*-1. The van der Waals surface area contributed by atoms with E-state index in [1.165, 1.54) is 0 Å². The summed E-state index contributed by atoms with van der Waals surface area (Å²) < 4.78 is 0. The van der Waals surface area contributed by atoms with E-state index in [1.807, 2.05) is 0 Å². The molecular weight excluding hydrogens is 295 g/mol. The van der Waals surface area contributed by atoms with Gasteiger partial charge in [0.2, 0.25) is 0 Å². The van der Waals surface area contributed by atoms with E-state index < -0.39 is 10.2 Å². The summed E-state index contributed by atoms with van der Waals surface area (Å²) in [4.78, 5) is 16.5. The summed E-state index contributed by atoms with van der Waals surface area (Å²) in [5.41, 5.74) is 0. The summed E-state index contributed by atoms with van der Waals surface area (Å²) >= 11 is 0. The first kappa shape index (κ1) is 22.6. The number of hydrogen-bond donors (Lipinski definition) is 0. The molecule has 0 aromatic heterocycles. The number of hydrogen-bond acceptors (Lipinski definition) is 6. The van der Waals surface area contributed by atoms with Crippen LogP contribution in [0.1, 0.15) is 0 Å². The normalized spacial score (nSPS) is 4.80. The second kappa shape index (κ2) is 15.9. The molecule has 0 bridgehead atoms. The molecule has 0 spiro atoms. The van der Waals surface area contributed by atoms with Crippen molar-refractivity contribution in [2.24, 2.45) is 0 Å². The quantitative estimate of drug-likeness (QED) is 0.336. The van der Waals surface area contributed by atoms with E-state index in [1.54, 1.807) is 0 Å². The first-order valence-electron chi connectivity index (χ1n) is 1.10. The fraction of sp³-hybridized carbons (Fsp3) is 0. The molecule has 0 saturated heterocycles. The van der Waals surface area contributed by atoms with Gasteiger partial charge < -0.3 is 30.6 Å². The minimum atomic E-state index is -1.75. The van der Waals surface area contributed by atoms with Crippen LogP contribution in [-0.4, -0.2) is 10.2 Å². The van der Waals surface area contributed by atoms with Crippen LogP contribution in [0.2, 0.25) is 0 Å². The van der Waals surface area contributed by atoms with Gasteiger partial charge in [-0.1, -0.05) is 0 Å². The van der Waals surface area contributed by atoms with Crippen molar-refractivity contribution < 1.29 is 49.6 Å². The van der Waals surface area contributed by atoms with Gasteiger partial charge in [-0.25, -0.2) is 0 Å². The zero-order chi connectivity index (χ0) is 7.15. The Morgan fingerprint density at radius 3 is 0.800 bits per heavy atom. The third-order valence-corrected chi connectivity index (χ3v) is 0. The summed E-state index contributed by atoms with van der Waals surface area (Å²) in [6, 6.07) is 0. The van der Waals surface area contributed by atoms with Crippen molar-refractivity contribution in [1.29, 1.82) is 0 Å². The fourth-order valence-corrected chi connectivity index (χ4v) is 0. The maximum absolute atomic E-state index is 8.25. The van der Waals surface area contributed by atoms with Crippen LogP contribution in [0.15, 0.2) is 0 Å². The van der Waals surface area contributed by atoms with E-state index in [-0.39, 0.29) is 39.4 Å². The molecule has 68 valence electrons. The third kappa shape index (κ3) is 2930. The zero-order valence-corrected chi connectivity index (χ0v) is 6.37. The van der Waals surface area contributed by atoms with Crippen molar-refractivity contribution in [2.75, 3.05) is 0 Å². The van der Waals surface area contributed by atoms with E-state index in [0.29, 0.717) is 0 Å². The molecule has 0 rings (SSSR count). The Hall–Kier alpha value is -0.340. The Bertz CT molecular complexity index is 73.7. The Morgan fingerprint density at radius 1 is 0.800 bits per heavy atom. The molecular formula is AgCuN2O6. The van der Waals surface area contributed by atoms with Crippen LogP contribution in [-0.2, 0) is 39.4 Å². The van der Waals surface area contributed by atoms with Gasteiger partial charge in [-0.2, -0.15) is 0 Å². The molecule has 0 aliphatic rings. The molecule has 0 heterocycles. The average molecular weight is 295 g/mol. The van der Waals surface area contributed by atoms with E-state index in [9.17, 15) is 0 Å². The summed E-state index contributed by atoms with van der Waals surface area (Å²) in [6.07, 6.45) is 0. The number of rotatable bonds is 0. The van der Waals surface area contributed by atoms with Crippen LogP contribution in [0.5, 0.6) is 0 Å². The van der Waals surface area contributed by atoms with Gasteiger partial charge >= 0.3 is 17.1 Å². The van der Waals surface area contributed by atoms with Crippen molar-refractivity contribution in [1.82, 2.24) is 0 Å². The van der Waals surface area contributed by atoms with E-state index in [2.05, 4.69) is 0 Å². The monoisotopic (exact) mass is 294 g/mol. The third-order valence-electron chi connectivity index (χ3n) is 0. The molecule has 0 saturated carbocycles. The van der Waals surface area contributed by atoms with Gasteiger partial charge in [0.25, 0.3) is 0 Å². The van der Waals surface area contributed by atoms with Gasteiger partial charge in [0.15, 0.2) is 0 Å². The maximum Gasteiger partial charge on any atom is 2.00 e. The van der Waals surface area contributed by atoms with E-state index in [4.69, 9.17) is 30.6 Å². The van der Waals surface area contributed by atoms with Gasteiger partial charge in [-0.15, -0.1) is 0 Å². The van der Waals surface area contributed by atoms with Gasteiger partial charge in [-0.05, 0) is 0 Å². The molecule has 0 aliphatic heterocycles. The first-order chi connectivity index (χ1) is 3.46. The van der Waals surface area contributed by atoms with Crippen LogP contribution in [0.4, 0.5) is 0 Å². The van der Waals surface area contributed by atoms with E-state index in [0.717, 1.165) is 0 Å². The largest absolute Gasteiger partial charge is 2.00 e. The molecule has 0 aromatic rings. The van der Waals surface area contributed by atoms with Crippen molar-refractivity contribution >= 4 is 0 Å². The van der Waals surface area contributed by atoms with Crippen LogP contribution in [0.3, 0.4) is 0 Å². The second-order valence-corrected chi connectivity index (χ2v) is 0.447. The van der Waals surface area contributed by atoms with Crippen molar-refractivity contribution in [2.45, 2.75) is 0 Å². The first-order valence-corrected chi connectivity index (χ1v) is 1.10. The molecule has 8 nitrogen and oxygen atoms in total. The molecule has 10 heavy (non-hydrogen) atoms. The average Bonchev–Trinajstić information content (AvgIpc) is 1.25. The van der Waals surface area contributed by atoms with Gasteiger partial charge in [-0.3, -0.25) is 0 Å². The summed E-state index contributed by atoms with van der Waals surface area (Å²) in [7, 11) is 0. The minimum absolute atomic E-state index is 0. The SMILES string of the molecule is O=[N+]([O-])[O-].O=[N+]([O-])[O-].[Ag].[Cu+2]. The molecule has 0 fully saturated rings. The molecule has 10 heteroatoms. The summed E-state index contributed by atoms with van der Waals surface area (Å²) in [6.45, 7) is 0. The van der Waals surface area contributed by atoms with E-state index >= 15 is 0 Å². The molecule has 0 N–H and O–H groups in total. The minimum Gasteiger partial charge on any atom is -0.356 e. The molecule has 0 aliphatic carbocycles. The molecule has 0 amide bonds. The summed E-state index contributed by atoms with van der Waals surface area (Å²) in [5, 5.41) is 29.5. The maximum atomic E-state index is 8.25. The van der Waals surface area contributed by atoms with Gasteiger partial charge in [0, 0.05) is 22.4 Å². The second-order valence-electron chi connectivity index (χ2n) is 0.447. The molecule has 0 unspecified atom stereocenters. The van der Waals surface area contributed by atoms with Crippen LogP contribution in [0, 0.1) is 30.6 Å². The molecule has 0 atom stereocenters. The topological polar surface area (TPSA) is 132 Å².